The number of hydrogen-bond donors (Lipinski definition) is 1. The van der Waals surface area contributed by atoms with Crippen molar-refractivity contribution in [2.24, 2.45) is 11.7 Å². The Kier molecular flexibility index (Phi) is 5.40. The predicted octanol–water partition coefficient (Wildman–Crippen LogP) is 3.47. The lowest BCUT2D eigenvalue weighted by molar-refractivity contribution is 0.0576. The molecule has 0 aromatic carbocycles. The highest BCUT2D eigenvalue weighted by Gasteiger charge is 2.25. The van der Waals surface area contributed by atoms with E-state index in [1.165, 1.54) is 19.3 Å². The van der Waals surface area contributed by atoms with Crippen molar-refractivity contribution in [3.8, 4) is 0 Å². The van der Waals surface area contributed by atoms with Crippen LogP contribution in [0, 0.1) is 5.92 Å². The van der Waals surface area contributed by atoms with Gasteiger partial charge in [-0.25, -0.2) is 4.79 Å². The van der Waals surface area contributed by atoms with E-state index in [9.17, 15) is 4.79 Å². The van der Waals surface area contributed by atoms with Gasteiger partial charge in [0.25, 0.3) is 0 Å². The minimum absolute atomic E-state index is 0.311. The first-order valence-electron chi connectivity index (χ1n) is 8.04. The van der Waals surface area contributed by atoms with Crippen LogP contribution in [0.4, 0.5) is 10.5 Å². The molecule has 5 nitrogen and oxygen atoms in total. The molecule has 22 heavy (non-hydrogen) atoms. The minimum atomic E-state index is -0.504. The van der Waals surface area contributed by atoms with E-state index in [0.29, 0.717) is 13.1 Å². The van der Waals surface area contributed by atoms with Crippen LogP contribution < -0.4 is 10.6 Å². The monoisotopic (exact) mass is 305 g/mol. The van der Waals surface area contributed by atoms with Crippen LogP contribution in [0.15, 0.2) is 18.3 Å². The van der Waals surface area contributed by atoms with Crippen LogP contribution in [0.25, 0.3) is 0 Å². The SMILES string of the molecule is CC(C)(C)OC(=O)N(CCC1CCC1)c1ccc(CN)nc1. The number of hydrogen-bond acceptors (Lipinski definition) is 4. The topological polar surface area (TPSA) is 68.5 Å². The third-order valence-corrected chi connectivity index (χ3v) is 3.93. The smallest absolute Gasteiger partial charge is 0.414 e. The lowest BCUT2D eigenvalue weighted by atomic mass is 9.83. The van der Waals surface area contributed by atoms with E-state index >= 15 is 0 Å². The lowest BCUT2D eigenvalue weighted by Crippen LogP contribution is -2.38. The fourth-order valence-corrected chi connectivity index (χ4v) is 2.43. The zero-order valence-corrected chi connectivity index (χ0v) is 13.8. The van der Waals surface area contributed by atoms with Gasteiger partial charge in [0.1, 0.15) is 5.60 Å². The molecule has 1 amide bonds. The summed E-state index contributed by atoms with van der Waals surface area (Å²) in [7, 11) is 0. The van der Waals surface area contributed by atoms with Gasteiger partial charge in [-0.2, -0.15) is 0 Å². The second kappa shape index (κ2) is 7.09. The molecule has 122 valence electrons. The zero-order chi connectivity index (χ0) is 16.2. The largest absolute Gasteiger partial charge is 0.443 e. The molecule has 2 rings (SSSR count). The Morgan fingerprint density at radius 3 is 2.59 bits per heavy atom. The molecule has 1 aromatic heterocycles. The van der Waals surface area contributed by atoms with E-state index < -0.39 is 5.60 Å². The van der Waals surface area contributed by atoms with Gasteiger partial charge in [-0.3, -0.25) is 9.88 Å². The zero-order valence-electron chi connectivity index (χ0n) is 13.8. The first-order valence-corrected chi connectivity index (χ1v) is 8.04. The van der Waals surface area contributed by atoms with Gasteiger partial charge in [0.05, 0.1) is 17.6 Å². The summed E-state index contributed by atoms with van der Waals surface area (Å²) in [6.45, 7) is 6.71. The summed E-state index contributed by atoms with van der Waals surface area (Å²) in [4.78, 5) is 18.5. The van der Waals surface area contributed by atoms with Crippen LogP contribution in [0.5, 0.6) is 0 Å². The number of nitrogens with zero attached hydrogens (tertiary/aromatic N) is 2. The Bertz CT molecular complexity index is 490. The quantitative estimate of drug-likeness (QED) is 0.904. The second-order valence-corrected chi connectivity index (χ2v) is 6.93. The number of carbonyl (C=O) groups is 1. The number of ether oxygens (including phenoxy) is 1. The van der Waals surface area contributed by atoms with Crippen molar-refractivity contribution in [1.82, 2.24) is 4.98 Å². The van der Waals surface area contributed by atoms with Gasteiger partial charge in [-0.1, -0.05) is 19.3 Å². The molecule has 1 aliphatic rings. The maximum absolute atomic E-state index is 12.5. The van der Waals surface area contributed by atoms with Crippen molar-refractivity contribution in [3.63, 3.8) is 0 Å². The normalized spacial score (nSPS) is 15.3. The molecule has 0 saturated heterocycles. The van der Waals surface area contributed by atoms with Gasteiger partial charge in [0.2, 0.25) is 0 Å². The molecule has 1 heterocycles. The Morgan fingerprint density at radius 1 is 1.41 bits per heavy atom. The van der Waals surface area contributed by atoms with Gasteiger partial charge in [-0.05, 0) is 45.2 Å². The third-order valence-electron chi connectivity index (χ3n) is 3.93. The van der Waals surface area contributed by atoms with E-state index in [0.717, 1.165) is 23.7 Å². The summed E-state index contributed by atoms with van der Waals surface area (Å²) in [6.07, 6.45) is 6.25. The van der Waals surface area contributed by atoms with E-state index in [2.05, 4.69) is 4.98 Å². The number of rotatable bonds is 5. The number of pyridine rings is 1. The fraction of sp³-hybridized carbons (Fsp3) is 0.647. The molecule has 0 aliphatic heterocycles. The van der Waals surface area contributed by atoms with Crippen LogP contribution in [0.2, 0.25) is 0 Å². The molecule has 1 fully saturated rings. The molecule has 1 aromatic rings. The van der Waals surface area contributed by atoms with Crippen molar-refractivity contribution in [2.75, 3.05) is 11.4 Å². The summed E-state index contributed by atoms with van der Waals surface area (Å²) < 4.78 is 5.53. The molecule has 0 bridgehead atoms. The van der Waals surface area contributed by atoms with E-state index in [4.69, 9.17) is 10.5 Å². The standard InChI is InChI=1S/C17H27N3O2/c1-17(2,3)22-16(21)20(10-9-13-5-4-6-13)15-8-7-14(11-18)19-12-15/h7-8,12-13H,4-6,9-11,18H2,1-3H3. The Labute approximate surface area is 132 Å². The van der Waals surface area contributed by atoms with Crippen LogP contribution in [0.1, 0.15) is 52.1 Å². The highest BCUT2D eigenvalue weighted by Crippen LogP contribution is 2.30. The maximum Gasteiger partial charge on any atom is 0.414 e. The Morgan fingerprint density at radius 2 is 2.14 bits per heavy atom. The molecular weight excluding hydrogens is 278 g/mol. The first kappa shape index (κ1) is 16.7. The molecule has 0 unspecified atom stereocenters. The predicted molar refractivity (Wildman–Crippen MR) is 87.7 cm³/mol. The number of carbonyl (C=O) groups excluding carboxylic acids is 1. The summed E-state index contributed by atoms with van der Waals surface area (Å²) in [5.41, 5.74) is 6.65. The average molecular weight is 305 g/mol. The van der Waals surface area contributed by atoms with Gasteiger partial charge < -0.3 is 10.5 Å². The summed E-state index contributed by atoms with van der Waals surface area (Å²) in [5, 5.41) is 0. The number of amides is 1. The van der Waals surface area contributed by atoms with E-state index in [1.807, 2.05) is 32.9 Å². The summed E-state index contributed by atoms with van der Waals surface area (Å²) in [6, 6.07) is 3.75. The molecule has 5 heteroatoms. The van der Waals surface area contributed by atoms with Gasteiger partial charge in [0.15, 0.2) is 0 Å². The van der Waals surface area contributed by atoms with Crippen molar-refractivity contribution in [2.45, 2.75) is 58.6 Å². The number of anilines is 1. The van der Waals surface area contributed by atoms with Gasteiger partial charge >= 0.3 is 6.09 Å². The van der Waals surface area contributed by atoms with Crippen molar-refractivity contribution < 1.29 is 9.53 Å². The van der Waals surface area contributed by atoms with Crippen LogP contribution in [-0.4, -0.2) is 23.2 Å². The highest BCUT2D eigenvalue weighted by molar-refractivity contribution is 5.87. The Balaban J connectivity index is 2.09. The molecule has 0 atom stereocenters. The van der Waals surface area contributed by atoms with Crippen molar-refractivity contribution >= 4 is 11.8 Å². The molecule has 2 N–H and O–H groups in total. The van der Waals surface area contributed by atoms with Gasteiger partial charge in [0, 0.05) is 13.1 Å². The van der Waals surface area contributed by atoms with E-state index in [1.54, 1.807) is 11.1 Å². The summed E-state index contributed by atoms with van der Waals surface area (Å²) >= 11 is 0. The molecule has 0 spiro atoms. The molecular formula is C17H27N3O2. The number of aromatic nitrogens is 1. The van der Waals surface area contributed by atoms with Gasteiger partial charge in [-0.15, -0.1) is 0 Å². The minimum Gasteiger partial charge on any atom is -0.443 e. The van der Waals surface area contributed by atoms with Crippen LogP contribution >= 0.6 is 0 Å². The highest BCUT2D eigenvalue weighted by atomic mass is 16.6. The maximum atomic E-state index is 12.5. The Hall–Kier alpha value is -1.62. The first-order chi connectivity index (χ1) is 10.4. The van der Waals surface area contributed by atoms with E-state index in [-0.39, 0.29) is 6.09 Å². The van der Waals surface area contributed by atoms with Crippen LogP contribution in [0.3, 0.4) is 0 Å². The fourth-order valence-electron chi connectivity index (χ4n) is 2.43. The van der Waals surface area contributed by atoms with Crippen molar-refractivity contribution in [3.05, 3.63) is 24.0 Å². The van der Waals surface area contributed by atoms with Crippen LogP contribution in [-0.2, 0) is 11.3 Å². The average Bonchev–Trinajstić information content (AvgIpc) is 2.40. The lowest BCUT2D eigenvalue weighted by Gasteiger charge is -2.31. The summed E-state index contributed by atoms with van der Waals surface area (Å²) in [5.74, 6) is 0.737. The number of nitrogens with two attached hydrogens (primary N) is 1. The molecule has 1 saturated carbocycles. The molecule has 1 aliphatic carbocycles. The molecule has 0 radical (unpaired) electrons. The third kappa shape index (κ3) is 4.70. The van der Waals surface area contributed by atoms with Crippen molar-refractivity contribution in [1.29, 1.82) is 0 Å². The second-order valence-electron chi connectivity index (χ2n) is 6.93.